The highest BCUT2D eigenvalue weighted by Crippen LogP contribution is 2.26. The van der Waals surface area contributed by atoms with Crippen LogP contribution in [0.1, 0.15) is 35.9 Å². The van der Waals surface area contributed by atoms with Gasteiger partial charge in [0.05, 0.1) is 33.9 Å². The summed E-state index contributed by atoms with van der Waals surface area (Å²) in [5.74, 6) is 0.950. The van der Waals surface area contributed by atoms with E-state index in [1.54, 1.807) is 61.5 Å². The van der Waals surface area contributed by atoms with E-state index in [1.807, 2.05) is 12.1 Å². The predicted octanol–water partition coefficient (Wildman–Crippen LogP) is 5.78. The van der Waals surface area contributed by atoms with Crippen molar-refractivity contribution in [3.63, 3.8) is 0 Å². The van der Waals surface area contributed by atoms with E-state index in [-0.39, 0.29) is 11.5 Å². The second-order valence-corrected chi connectivity index (χ2v) is 8.07. The number of aromatic nitrogens is 2. The standard InChI is InChI=1S/C26H24ClN3O3/c1-3-4-15-33-20-12-9-18(10-13-20)25(31)29-24-16-19(11-14-22(24)27)30-17(2)28-23-8-6-5-7-21(23)26(30)32/h5-14,16H,3-4,15H2,1-2H3,(H,29,31). The summed E-state index contributed by atoms with van der Waals surface area (Å²) in [6.07, 6.45) is 2.04. The Morgan fingerprint density at radius 1 is 1.09 bits per heavy atom. The number of hydrogen-bond acceptors (Lipinski definition) is 4. The maximum absolute atomic E-state index is 13.1. The Labute approximate surface area is 196 Å². The van der Waals surface area contributed by atoms with Gasteiger partial charge >= 0.3 is 0 Å². The number of rotatable bonds is 7. The first kappa shape index (κ1) is 22.6. The molecule has 4 rings (SSSR count). The van der Waals surface area contributed by atoms with Crippen molar-refractivity contribution in [1.29, 1.82) is 0 Å². The van der Waals surface area contributed by atoms with E-state index in [9.17, 15) is 9.59 Å². The van der Waals surface area contributed by atoms with Crippen molar-refractivity contribution in [2.45, 2.75) is 26.7 Å². The minimum absolute atomic E-state index is 0.184. The van der Waals surface area contributed by atoms with Crippen LogP contribution in [0.4, 0.5) is 5.69 Å². The largest absolute Gasteiger partial charge is 0.494 e. The average molecular weight is 462 g/mol. The number of amides is 1. The summed E-state index contributed by atoms with van der Waals surface area (Å²) in [6, 6.07) is 19.2. The lowest BCUT2D eigenvalue weighted by Crippen LogP contribution is -2.22. The first-order chi connectivity index (χ1) is 16.0. The smallest absolute Gasteiger partial charge is 0.265 e. The maximum atomic E-state index is 13.1. The van der Waals surface area contributed by atoms with Gasteiger partial charge in [-0.15, -0.1) is 0 Å². The fraction of sp³-hybridized carbons (Fsp3) is 0.192. The Bertz CT molecular complexity index is 1360. The molecule has 0 aliphatic rings. The van der Waals surface area contributed by atoms with Gasteiger partial charge in [-0.25, -0.2) is 4.98 Å². The number of anilines is 1. The van der Waals surface area contributed by atoms with E-state index in [4.69, 9.17) is 16.3 Å². The van der Waals surface area contributed by atoms with Crippen molar-refractivity contribution < 1.29 is 9.53 Å². The van der Waals surface area contributed by atoms with Gasteiger partial charge in [0.1, 0.15) is 11.6 Å². The van der Waals surface area contributed by atoms with Crippen molar-refractivity contribution in [3.8, 4) is 11.4 Å². The molecular formula is C26H24ClN3O3. The first-order valence-corrected chi connectivity index (χ1v) is 11.2. The molecule has 0 radical (unpaired) electrons. The molecule has 0 fully saturated rings. The Hall–Kier alpha value is -3.64. The summed E-state index contributed by atoms with van der Waals surface area (Å²) < 4.78 is 7.16. The van der Waals surface area contributed by atoms with Crippen LogP contribution in [0.25, 0.3) is 16.6 Å². The lowest BCUT2D eigenvalue weighted by Gasteiger charge is -2.14. The molecule has 1 heterocycles. The quantitative estimate of drug-likeness (QED) is 0.354. The number of hydrogen-bond donors (Lipinski definition) is 1. The van der Waals surface area contributed by atoms with E-state index >= 15 is 0 Å². The molecule has 0 spiro atoms. The van der Waals surface area contributed by atoms with Gasteiger partial charge in [-0.2, -0.15) is 0 Å². The first-order valence-electron chi connectivity index (χ1n) is 10.8. The second-order valence-electron chi connectivity index (χ2n) is 7.66. The molecule has 0 atom stereocenters. The Balaban J connectivity index is 1.60. The van der Waals surface area contributed by atoms with Gasteiger partial charge in [-0.05, 0) is 67.9 Å². The molecule has 168 valence electrons. The van der Waals surface area contributed by atoms with Crippen LogP contribution in [-0.2, 0) is 0 Å². The van der Waals surface area contributed by atoms with Crippen LogP contribution in [0.3, 0.4) is 0 Å². The number of carbonyl (C=O) groups excluding carboxylic acids is 1. The molecule has 1 aromatic heterocycles. The molecule has 6 nitrogen and oxygen atoms in total. The van der Waals surface area contributed by atoms with Crippen LogP contribution in [-0.4, -0.2) is 22.1 Å². The van der Waals surface area contributed by atoms with Crippen LogP contribution in [0.2, 0.25) is 5.02 Å². The number of aryl methyl sites for hydroxylation is 1. The minimum Gasteiger partial charge on any atom is -0.494 e. The average Bonchev–Trinajstić information content (AvgIpc) is 2.81. The van der Waals surface area contributed by atoms with Crippen LogP contribution >= 0.6 is 11.6 Å². The summed E-state index contributed by atoms with van der Waals surface area (Å²) in [5.41, 5.74) is 1.90. The third-order valence-electron chi connectivity index (χ3n) is 5.28. The van der Waals surface area contributed by atoms with Gasteiger partial charge < -0.3 is 10.1 Å². The SMILES string of the molecule is CCCCOc1ccc(C(=O)Nc2cc(-n3c(C)nc4ccccc4c3=O)ccc2Cl)cc1. The molecule has 0 aliphatic carbocycles. The molecule has 3 aromatic carbocycles. The minimum atomic E-state index is -0.310. The number of carbonyl (C=O) groups is 1. The van der Waals surface area contributed by atoms with Crippen molar-refractivity contribution in [2.75, 3.05) is 11.9 Å². The van der Waals surface area contributed by atoms with Crippen LogP contribution < -0.4 is 15.6 Å². The van der Waals surface area contributed by atoms with E-state index in [0.717, 1.165) is 18.6 Å². The van der Waals surface area contributed by atoms with Crippen LogP contribution in [0.15, 0.2) is 71.5 Å². The zero-order valence-corrected chi connectivity index (χ0v) is 19.2. The third-order valence-corrected chi connectivity index (χ3v) is 5.61. The van der Waals surface area contributed by atoms with Gasteiger partial charge in [0, 0.05) is 5.56 Å². The Kier molecular flexibility index (Phi) is 6.75. The number of nitrogens with one attached hydrogen (secondary N) is 1. The Morgan fingerprint density at radius 3 is 2.61 bits per heavy atom. The Morgan fingerprint density at radius 2 is 1.85 bits per heavy atom. The molecule has 0 unspecified atom stereocenters. The molecule has 0 aliphatic heterocycles. The van der Waals surface area contributed by atoms with Gasteiger partial charge in [0.2, 0.25) is 0 Å². The predicted molar refractivity (Wildman–Crippen MR) is 132 cm³/mol. The summed E-state index contributed by atoms with van der Waals surface area (Å²) in [5, 5.41) is 3.72. The van der Waals surface area contributed by atoms with Crippen molar-refractivity contribution >= 4 is 34.1 Å². The highest BCUT2D eigenvalue weighted by atomic mass is 35.5. The highest BCUT2D eigenvalue weighted by molar-refractivity contribution is 6.34. The number of ether oxygens (including phenoxy) is 1. The number of nitrogens with zero attached hydrogens (tertiary/aromatic N) is 2. The molecule has 1 N–H and O–H groups in total. The van der Waals surface area contributed by atoms with Gasteiger partial charge in [0.25, 0.3) is 11.5 Å². The van der Waals surface area contributed by atoms with Gasteiger partial charge in [0.15, 0.2) is 0 Å². The topological polar surface area (TPSA) is 73.2 Å². The number of unbranched alkanes of at least 4 members (excludes halogenated alkanes) is 1. The van der Waals surface area contributed by atoms with Gasteiger partial charge in [-0.1, -0.05) is 37.1 Å². The lowest BCUT2D eigenvalue weighted by atomic mass is 10.2. The van der Waals surface area contributed by atoms with Crippen molar-refractivity contribution in [3.05, 3.63) is 93.5 Å². The van der Waals surface area contributed by atoms with Crippen LogP contribution in [0, 0.1) is 6.92 Å². The molecule has 0 saturated carbocycles. The summed E-state index contributed by atoms with van der Waals surface area (Å²) in [6.45, 7) is 4.52. The molecular weight excluding hydrogens is 438 g/mol. The second kappa shape index (κ2) is 9.88. The number of para-hydroxylation sites is 1. The highest BCUT2D eigenvalue weighted by Gasteiger charge is 2.14. The van der Waals surface area contributed by atoms with Gasteiger partial charge in [-0.3, -0.25) is 14.2 Å². The molecule has 4 aromatic rings. The molecule has 0 saturated heterocycles. The molecule has 1 amide bonds. The zero-order valence-electron chi connectivity index (χ0n) is 18.5. The number of halogens is 1. The third kappa shape index (κ3) is 4.91. The number of fused-ring (bicyclic) bond motifs is 1. The summed E-state index contributed by atoms with van der Waals surface area (Å²) in [7, 11) is 0. The van der Waals surface area contributed by atoms with E-state index in [2.05, 4.69) is 17.2 Å². The normalized spacial score (nSPS) is 10.9. The van der Waals surface area contributed by atoms with Crippen molar-refractivity contribution in [1.82, 2.24) is 9.55 Å². The fourth-order valence-corrected chi connectivity index (χ4v) is 3.69. The van der Waals surface area contributed by atoms with E-state index in [0.29, 0.717) is 45.3 Å². The summed E-state index contributed by atoms with van der Waals surface area (Å²) >= 11 is 6.35. The molecule has 0 bridgehead atoms. The fourth-order valence-electron chi connectivity index (χ4n) is 3.53. The van der Waals surface area contributed by atoms with E-state index in [1.165, 1.54) is 4.57 Å². The number of benzene rings is 3. The monoisotopic (exact) mass is 461 g/mol. The lowest BCUT2D eigenvalue weighted by molar-refractivity contribution is 0.102. The molecule has 33 heavy (non-hydrogen) atoms. The molecule has 7 heteroatoms. The van der Waals surface area contributed by atoms with Crippen LogP contribution in [0.5, 0.6) is 5.75 Å². The van der Waals surface area contributed by atoms with E-state index < -0.39 is 0 Å². The zero-order chi connectivity index (χ0) is 23.4. The van der Waals surface area contributed by atoms with Crippen molar-refractivity contribution in [2.24, 2.45) is 0 Å². The summed E-state index contributed by atoms with van der Waals surface area (Å²) in [4.78, 5) is 30.4. The maximum Gasteiger partial charge on any atom is 0.265 e.